The van der Waals surface area contributed by atoms with Crippen molar-refractivity contribution in [1.82, 2.24) is 10.6 Å². The number of furan rings is 1. The van der Waals surface area contributed by atoms with Gasteiger partial charge in [0.1, 0.15) is 5.58 Å². The maximum Gasteiger partial charge on any atom is 0.216 e. The molecular weight excluding hydrogens is 396 g/mol. The van der Waals surface area contributed by atoms with Gasteiger partial charge in [-0.3, -0.25) is 9.59 Å². The second-order valence-corrected chi connectivity index (χ2v) is 8.32. The van der Waals surface area contributed by atoms with Crippen LogP contribution in [0.1, 0.15) is 25.0 Å². The maximum absolute atomic E-state index is 11.1. The molecule has 6 heteroatoms. The zero-order chi connectivity index (χ0) is 21.1. The molecule has 0 aliphatic rings. The molecular formula is C24H24N2O3S. The maximum atomic E-state index is 11.1. The predicted molar refractivity (Wildman–Crippen MR) is 122 cm³/mol. The van der Waals surface area contributed by atoms with Crippen LogP contribution in [-0.4, -0.2) is 24.9 Å². The SMILES string of the molecule is CC(=O)NCCc1coc2ccc(-c3ccc4scc(CCNC(C)=O)c4c3)cc12. The van der Waals surface area contributed by atoms with Gasteiger partial charge < -0.3 is 15.1 Å². The molecule has 2 amide bonds. The minimum atomic E-state index is -0.0261. The molecule has 0 spiro atoms. The van der Waals surface area contributed by atoms with Crippen molar-refractivity contribution in [3.63, 3.8) is 0 Å². The highest BCUT2D eigenvalue weighted by molar-refractivity contribution is 7.17. The van der Waals surface area contributed by atoms with Gasteiger partial charge in [-0.2, -0.15) is 0 Å². The van der Waals surface area contributed by atoms with Gasteiger partial charge in [0.05, 0.1) is 6.26 Å². The van der Waals surface area contributed by atoms with Crippen LogP contribution in [0.15, 0.2) is 52.5 Å². The molecule has 4 rings (SSSR count). The molecule has 0 aliphatic carbocycles. The van der Waals surface area contributed by atoms with Crippen molar-refractivity contribution in [3.05, 3.63) is 59.2 Å². The summed E-state index contributed by atoms with van der Waals surface area (Å²) >= 11 is 1.73. The Balaban J connectivity index is 1.62. The molecule has 0 atom stereocenters. The van der Waals surface area contributed by atoms with Crippen LogP contribution < -0.4 is 10.6 Å². The lowest BCUT2D eigenvalue weighted by atomic mass is 9.99. The number of hydrogen-bond acceptors (Lipinski definition) is 4. The Bertz CT molecular complexity index is 1130. The third-order valence-corrected chi connectivity index (χ3v) is 6.19. The van der Waals surface area contributed by atoms with Gasteiger partial charge in [-0.1, -0.05) is 12.1 Å². The van der Waals surface area contributed by atoms with E-state index in [0.717, 1.165) is 40.5 Å². The summed E-state index contributed by atoms with van der Waals surface area (Å²) in [5.41, 5.74) is 5.48. The Morgan fingerprint density at radius 3 is 2.20 bits per heavy atom. The average Bonchev–Trinajstić information content (AvgIpc) is 3.31. The van der Waals surface area contributed by atoms with Gasteiger partial charge in [0.2, 0.25) is 11.8 Å². The summed E-state index contributed by atoms with van der Waals surface area (Å²) in [5.74, 6) is -0.0280. The Hall–Kier alpha value is -3.12. The zero-order valence-corrected chi connectivity index (χ0v) is 17.9. The predicted octanol–water partition coefficient (Wildman–Crippen LogP) is 4.67. The van der Waals surface area contributed by atoms with Gasteiger partial charge >= 0.3 is 0 Å². The number of fused-ring (bicyclic) bond motifs is 2. The third kappa shape index (κ3) is 4.39. The van der Waals surface area contributed by atoms with Crippen LogP contribution in [0, 0.1) is 0 Å². The van der Waals surface area contributed by atoms with E-state index in [1.54, 1.807) is 24.5 Å². The standard InChI is InChI=1S/C24H24N2O3S/c1-15(27)25-9-7-19-13-29-23-5-3-17(11-21(19)23)18-4-6-24-22(12-18)20(14-30-24)8-10-26-16(2)28/h3-6,11-14H,7-10H2,1-2H3,(H,25,27)(H,26,28). The summed E-state index contributed by atoms with van der Waals surface area (Å²) in [6, 6.07) is 12.8. The molecule has 2 aromatic carbocycles. The van der Waals surface area contributed by atoms with E-state index >= 15 is 0 Å². The topological polar surface area (TPSA) is 71.3 Å². The fraction of sp³-hybridized carbons (Fsp3) is 0.250. The molecule has 0 bridgehead atoms. The highest BCUT2D eigenvalue weighted by Gasteiger charge is 2.10. The third-order valence-electron chi connectivity index (χ3n) is 5.18. The molecule has 2 heterocycles. The monoisotopic (exact) mass is 420 g/mol. The van der Waals surface area contributed by atoms with Crippen molar-refractivity contribution in [1.29, 1.82) is 0 Å². The number of nitrogens with one attached hydrogen (secondary N) is 2. The Kier molecular flexibility index (Phi) is 5.86. The van der Waals surface area contributed by atoms with Crippen molar-refractivity contribution < 1.29 is 14.0 Å². The van der Waals surface area contributed by atoms with Gasteiger partial charge in [0.25, 0.3) is 0 Å². The van der Waals surface area contributed by atoms with Gasteiger partial charge in [-0.25, -0.2) is 0 Å². The van der Waals surface area contributed by atoms with Gasteiger partial charge in [0.15, 0.2) is 0 Å². The molecule has 0 unspecified atom stereocenters. The van der Waals surface area contributed by atoms with Crippen LogP contribution in [0.3, 0.4) is 0 Å². The largest absolute Gasteiger partial charge is 0.464 e. The number of carbonyl (C=O) groups excluding carboxylic acids is 2. The number of thiophene rings is 1. The summed E-state index contributed by atoms with van der Waals surface area (Å²) in [7, 11) is 0. The highest BCUT2D eigenvalue weighted by Crippen LogP contribution is 2.33. The molecule has 4 aromatic rings. The van der Waals surface area contributed by atoms with Crippen LogP contribution in [0.5, 0.6) is 0 Å². The first-order valence-corrected chi connectivity index (χ1v) is 10.9. The van der Waals surface area contributed by atoms with Crippen molar-refractivity contribution in [3.8, 4) is 11.1 Å². The summed E-state index contributed by atoms with van der Waals surface area (Å²) in [6.45, 7) is 4.30. The molecule has 154 valence electrons. The van der Waals surface area contributed by atoms with Gasteiger partial charge in [0, 0.05) is 37.0 Å². The molecule has 0 radical (unpaired) electrons. The highest BCUT2D eigenvalue weighted by atomic mass is 32.1. The molecule has 2 aromatic heterocycles. The summed E-state index contributed by atoms with van der Waals surface area (Å²) < 4.78 is 6.94. The summed E-state index contributed by atoms with van der Waals surface area (Å²) in [4.78, 5) is 22.3. The van der Waals surface area contributed by atoms with Crippen LogP contribution in [-0.2, 0) is 22.4 Å². The molecule has 0 saturated carbocycles. The number of benzene rings is 2. The fourth-order valence-corrected chi connectivity index (χ4v) is 4.63. The molecule has 0 fully saturated rings. The van der Waals surface area contributed by atoms with E-state index < -0.39 is 0 Å². The van der Waals surface area contributed by atoms with E-state index in [-0.39, 0.29) is 11.8 Å². The Morgan fingerprint density at radius 1 is 0.867 bits per heavy atom. The van der Waals surface area contributed by atoms with Crippen LogP contribution in [0.25, 0.3) is 32.2 Å². The second kappa shape index (κ2) is 8.71. The molecule has 5 nitrogen and oxygen atoms in total. The average molecular weight is 421 g/mol. The normalized spacial score (nSPS) is 11.1. The Labute approximate surface area is 179 Å². The summed E-state index contributed by atoms with van der Waals surface area (Å²) in [6.07, 6.45) is 3.32. The first-order chi connectivity index (χ1) is 14.5. The number of hydrogen-bond donors (Lipinski definition) is 2. The molecule has 2 N–H and O–H groups in total. The Morgan fingerprint density at radius 2 is 1.50 bits per heavy atom. The minimum absolute atomic E-state index is 0.00190. The first-order valence-electron chi connectivity index (χ1n) is 10.0. The molecule has 0 aliphatic heterocycles. The zero-order valence-electron chi connectivity index (χ0n) is 17.1. The minimum Gasteiger partial charge on any atom is -0.464 e. The number of rotatable bonds is 7. The van der Waals surface area contributed by atoms with Crippen molar-refractivity contribution in [2.24, 2.45) is 0 Å². The second-order valence-electron chi connectivity index (χ2n) is 7.41. The lowest BCUT2D eigenvalue weighted by molar-refractivity contribution is -0.119. The fourth-order valence-electron chi connectivity index (χ4n) is 3.66. The van der Waals surface area contributed by atoms with E-state index in [1.807, 2.05) is 6.07 Å². The number of amides is 2. The van der Waals surface area contributed by atoms with Gasteiger partial charge in [-0.15, -0.1) is 11.3 Å². The number of carbonyl (C=O) groups is 2. The quantitative estimate of drug-likeness (QED) is 0.456. The van der Waals surface area contributed by atoms with E-state index in [4.69, 9.17) is 4.42 Å². The first kappa shape index (κ1) is 20.2. The lowest BCUT2D eigenvalue weighted by Crippen LogP contribution is -2.22. The molecule has 30 heavy (non-hydrogen) atoms. The van der Waals surface area contributed by atoms with Gasteiger partial charge in [-0.05, 0) is 70.1 Å². The summed E-state index contributed by atoms with van der Waals surface area (Å²) in [5, 5.41) is 10.2. The van der Waals surface area contributed by atoms with Crippen molar-refractivity contribution in [2.45, 2.75) is 26.7 Å². The van der Waals surface area contributed by atoms with Crippen LogP contribution >= 0.6 is 11.3 Å². The van der Waals surface area contributed by atoms with Crippen LogP contribution in [0.2, 0.25) is 0 Å². The smallest absolute Gasteiger partial charge is 0.216 e. The van der Waals surface area contributed by atoms with E-state index in [0.29, 0.717) is 13.1 Å². The van der Waals surface area contributed by atoms with E-state index in [2.05, 4.69) is 46.3 Å². The lowest BCUT2D eigenvalue weighted by Gasteiger charge is -2.06. The van der Waals surface area contributed by atoms with E-state index in [1.165, 1.54) is 22.6 Å². The van der Waals surface area contributed by atoms with Crippen LogP contribution in [0.4, 0.5) is 0 Å². The van der Waals surface area contributed by atoms with E-state index in [9.17, 15) is 9.59 Å². The molecule has 0 saturated heterocycles. The van der Waals surface area contributed by atoms with Crippen molar-refractivity contribution in [2.75, 3.05) is 13.1 Å². The van der Waals surface area contributed by atoms with Crippen molar-refractivity contribution >= 4 is 44.2 Å².